The summed E-state index contributed by atoms with van der Waals surface area (Å²) in [6, 6.07) is 6.73. The van der Waals surface area contributed by atoms with Gasteiger partial charge in [-0.2, -0.15) is 0 Å². The van der Waals surface area contributed by atoms with Crippen LogP contribution in [0.5, 0.6) is 11.5 Å². The maximum Gasteiger partial charge on any atom is 0.0789 e. The van der Waals surface area contributed by atoms with Gasteiger partial charge in [0.2, 0.25) is 0 Å². The zero-order valence-electron chi connectivity index (χ0n) is 16.0. The van der Waals surface area contributed by atoms with Crippen LogP contribution in [0.3, 0.4) is 0 Å². The molecule has 0 bridgehead atoms. The molecule has 2 atom stereocenters. The number of methoxy groups -OCH3 is 2. The van der Waals surface area contributed by atoms with E-state index in [4.69, 9.17) is 19.7 Å². The van der Waals surface area contributed by atoms with Gasteiger partial charge in [0, 0.05) is 38.6 Å². The minimum Gasteiger partial charge on any atom is -0.536 e. The number of hydrogen-bond donors (Lipinski definition) is 2. The average molecular weight is 543 g/mol. The van der Waals surface area contributed by atoms with Gasteiger partial charge in [0.05, 0.1) is 43.6 Å². The van der Waals surface area contributed by atoms with Crippen molar-refractivity contribution in [3.8, 4) is 22.8 Å². The molecule has 0 saturated carbocycles. The van der Waals surface area contributed by atoms with Crippen molar-refractivity contribution in [1.29, 1.82) is 0 Å². The number of aromatic nitrogens is 2. The minimum absolute atomic E-state index is 0. The molecule has 0 radical (unpaired) electrons. The zero-order chi connectivity index (χ0) is 19.0. The summed E-state index contributed by atoms with van der Waals surface area (Å²) in [7, 11) is 3.21. The number of hydrogen-bond acceptors (Lipinski definition) is 6. The van der Waals surface area contributed by atoms with E-state index in [9.17, 15) is 0 Å². The molecular formula is C19H27N2O4Pt-. The Morgan fingerprint density at radius 3 is 2.08 bits per heavy atom. The molecule has 1 heterocycles. The third kappa shape index (κ3) is 7.81. The number of aliphatic hydroxyl groups excluding tert-OH is 2. The van der Waals surface area contributed by atoms with Crippen molar-refractivity contribution < 1.29 is 40.8 Å². The quantitative estimate of drug-likeness (QED) is 0.566. The fourth-order valence-electron chi connectivity index (χ4n) is 2.27. The maximum atomic E-state index is 8.56. The molecule has 148 valence electrons. The topological polar surface area (TPSA) is 84.7 Å². The molecule has 0 aliphatic heterocycles. The Balaban J connectivity index is 0.000000673. The molecule has 2 rings (SSSR count). The predicted octanol–water partition coefficient (Wildman–Crippen LogP) is 2.71. The second kappa shape index (κ2) is 12.0. The Kier molecular flexibility index (Phi) is 11.3. The molecule has 1 aromatic heterocycles. The van der Waals surface area contributed by atoms with Crippen LogP contribution in [0.25, 0.3) is 11.3 Å². The molecule has 2 aromatic rings. The molecule has 2 N–H and O–H groups in total. The minimum atomic E-state index is -0.375. The Morgan fingerprint density at radius 2 is 1.65 bits per heavy atom. The van der Waals surface area contributed by atoms with Crippen LogP contribution < -0.4 is 9.47 Å². The maximum absolute atomic E-state index is 8.56. The van der Waals surface area contributed by atoms with E-state index in [0.29, 0.717) is 17.9 Å². The molecule has 0 aliphatic rings. The van der Waals surface area contributed by atoms with Crippen molar-refractivity contribution in [2.75, 3.05) is 14.2 Å². The fourth-order valence-corrected chi connectivity index (χ4v) is 2.27. The molecule has 1 aromatic carbocycles. The molecule has 7 heteroatoms. The molecule has 26 heavy (non-hydrogen) atoms. The Hall–Kier alpha value is -1.49. The van der Waals surface area contributed by atoms with Crippen molar-refractivity contribution in [2.24, 2.45) is 0 Å². The van der Waals surface area contributed by atoms with E-state index >= 15 is 0 Å². The Bertz CT molecular complexity index is 673. The number of benzene rings is 1. The van der Waals surface area contributed by atoms with E-state index in [1.54, 1.807) is 40.3 Å². The van der Waals surface area contributed by atoms with Crippen LogP contribution >= 0.6 is 0 Å². The van der Waals surface area contributed by atoms with Crippen LogP contribution in [-0.2, 0) is 21.1 Å². The van der Waals surface area contributed by atoms with E-state index in [1.807, 2.05) is 19.9 Å². The molecule has 0 saturated heterocycles. The van der Waals surface area contributed by atoms with Crippen molar-refractivity contribution in [2.45, 2.75) is 46.3 Å². The first kappa shape index (κ1) is 24.5. The molecule has 0 spiro atoms. The van der Waals surface area contributed by atoms with Gasteiger partial charge in [-0.25, -0.2) is 0 Å². The van der Waals surface area contributed by atoms with Crippen molar-refractivity contribution in [3.05, 3.63) is 35.8 Å². The molecule has 2 unspecified atom stereocenters. The third-order valence-corrected chi connectivity index (χ3v) is 3.32. The summed E-state index contributed by atoms with van der Waals surface area (Å²) in [5.74, 6) is 1.31. The first-order chi connectivity index (χ1) is 11.8. The first-order valence-corrected chi connectivity index (χ1v) is 8.08. The standard InChI is InChI=1S/C14H15N2O2.C5H12O2.Pt/c1-9-8-15-14(10(2)16-9)11-5-6-12(17-3)13(7-11)18-4;1-4(6)3-5(2)7;/h6-8H,1-4H3;4-7H,3H2,1-2H3;/q-1;;. The van der Waals surface area contributed by atoms with Gasteiger partial charge in [-0.05, 0) is 34.1 Å². The number of aliphatic hydroxyl groups is 2. The van der Waals surface area contributed by atoms with Crippen molar-refractivity contribution in [1.82, 2.24) is 9.97 Å². The first-order valence-electron chi connectivity index (χ1n) is 8.08. The summed E-state index contributed by atoms with van der Waals surface area (Å²) in [5.41, 5.74) is 3.43. The smallest absolute Gasteiger partial charge is 0.0789 e. The monoisotopic (exact) mass is 542 g/mol. The summed E-state index contributed by atoms with van der Waals surface area (Å²) in [6.45, 7) is 7.17. The zero-order valence-corrected chi connectivity index (χ0v) is 18.3. The molecule has 0 fully saturated rings. The van der Waals surface area contributed by atoms with E-state index in [2.05, 4.69) is 16.0 Å². The number of ether oxygens (including phenoxy) is 2. The van der Waals surface area contributed by atoms with Gasteiger partial charge in [0.15, 0.2) is 0 Å². The largest absolute Gasteiger partial charge is 0.536 e. The second-order valence-electron chi connectivity index (χ2n) is 5.86. The van der Waals surface area contributed by atoms with Gasteiger partial charge in [0.1, 0.15) is 0 Å². The Labute approximate surface area is 169 Å². The van der Waals surface area contributed by atoms with Gasteiger partial charge in [-0.1, -0.05) is 6.07 Å². The van der Waals surface area contributed by atoms with Gasteiger partial charge in [0.25, 0.3) is 0 Å². The molecule has 0 aliphatic carbocycles. The summed E-state index contributed by atoms with van der Waals surface area (Å²) in [5, 5.41) is 17.1. The van der Waals surface area contributed by atoms with E-state index in [-0.39, 0.29) is 33.3 Å². The fraction of sp³-hybridized carbons (Fsp3) is 0.474. The van der Waals surface area contributed by atoms with Crippen molar-refractivity contribution in [3.63, 3.8) is 0 Å². The average Bonchev–Trinajstić information content (AvgIpc) is 2.53. The number of aryl methyl sites for hydroxylation is 2. The predicted molar refractivity (Wildman–Crippen MR) is 96.9 cm³/mol. The van der Waals surface area contributed by atoms with Crippen LogP contribution in [0.1, 0.15) is 31.7 Å². The summed E-state index contributed by atoms with van der Waals surface area (Å²) in [4.78, 5) is 8.78. The normalized spacial score (nSPS) is 12.2. The van der Waals surface area contributed by atoms with Crippen LogP contribution in [0, 0.1) is 19.9 Å². The van der Waals surface area contributed by atoms with Gasteiger partial charge >= 0.3 is 0 Å². The van der Waals surface area contributed by atoms with Crippen LogP contribution in [0.15, 0.2) is 18.3 Å². The number of rotatable bonds is 5. The van der Waals surface area contributed by atoms with Gasteiger partial charge < -0.3 is 24.7 Å². The SMILES string of the molecule is CC(O)CC(C)O.COc1c[c-]c(-c2ncc(C)nc2C)cc1OC.[Pt]. The van der Waals surface area contributed by atoms with E-state index in [0.717, 1.165) is 22.6 Å². The molecular weight excluding hydrogens is 515 g/mol. The van der Waals surface area contributed by atoms with Gasteiger partial charge in [-0.15, -0.1) is 17.7 Å². The summed E-state index contributed by atoms with van der Waals surface area (Å²) < 4.78 is 10.5. The Morgan fingerprint density at radius 1 is 1.08 bits per heavy atom. The van der Waals surface area contributed by atoms with E-state index in [1.165, 1.54) is 0 Å². The van der Waals surface area contributed by atoms with Crippen LogP contribution in [-0.4, -0.2) is 46.6 Å². The summed E-state index contributed by atoms with van der Waals surface area (Å²) >= 11 is 0. The third-order valence-electron chi connectivity index (χ3n) is 3.32. The molecule has 6 nitrogen and oxygen atoms in total. The van der Waals surface area contributed by atoms with Crippen molar-refractivity contribution >= 4 is 0 Å². The van der Waals surface area contributed by atoms with Gasteiger partial charge in [-0.3, -0.25) is 4.98 Å². The second-order valence-corrected chi connectivity index (χ2v) is 5.86. The van der Waals surface area contributed by atoms with Crippen LogP contribution in [0.2, 0.25) is 0 Å². The summed E-state index contributed by atoms with van der Waals surface area (Å²) in [6.07, 6.45) is 1.47. The number of nitrogens with zero attached hydrogens (tertiary/aromatic N) is 2. The van der Waals surface area contributed by atoms with Crippen LogP contribution in [0.4, 0.5) is 0 Å². The molecule has 0 amide bonds. The van der Waals surface area contributed by atoms with E-state index < -0.39 is 0 Å².